The van der Waals surface area contributed by atoms with Gasteiger partial charge in [0, 0.05) is 21.7 Å². The van der Waals surface area contributed by atoms with Gasteiger partial charge in [-0.2, -0.15) is 0 Å². The predicted molar refractivity (Wildman–Crippen MR) is 130 cm³/mol. The summed E-state index contributed by atoms with van der Waals surface area (Å²) in [6.07, 6.45) is 3.09. The zero-order valence-electron chi connectivity index (χ0n) is 19.3. The number of ketones is 2. The molecule has 0 aromatic heterocycles. The van der Waals surface area contributed by atoms with Crippen molar-refractivity contribution in [2.75, 3.05) is 13.2 Å². The molecule has 0 atom stereocenters. The van der Waals surface area contributed by atoms with Crippen LogP contribution in [0.15, 0.2) is 59.9 Å². The van der Waals surface area contributed by atoms with E-state index in [0.29, 0.717) is 29.3 Å². The highest BCUT2D eigenvalue weighted by Gasteiger charge is 2.42. The van der Waals surface area contributed by atoms with Crippen LogP contribution in [0.5, 0.6) is 0 Å². The molecular weight excluding hydrogens is 475 g/mol. The Hall–Kier alpha value is -2.24. The summed E-state index contributed by atoms with van der Waals surface area (Å²) < 4.78 is 29.4. The quantitative estimate of drug-likeness (QED) is 0.357. The fourth-order valence-electron chi connectivity index (χ4n) is 4.80. The van der Waals surface area contributed by atoms with Crippen LogP contribution in [0, 0.1) is 5.92 Å². The zero-order valence-corrected chi connectivity index (χ0v) is 20.9. The van der Waals surface area contributed by atoms with Crippen molar-refractivity contribution in [3.05, 3.63) is 81.6 Å². The highest BCUT2D eigenvalue weighted by atomic mass is 35.5. The number of phosphoric ester groups is 1. The third-order valence-corrected chi connectivity index (χ3v) is 8.17. The minimum absolute atomic E-state index is 0.0742. The number of allylic oxidation sites excluding steroid dienone is 2. The van der Waals surface area contributed by atoms with E-state index in [4.69, 9.17) is 25.2 Å². The molecule has 1 fully saturated rings. The molecule has 0 amide bonds. The summed E-state index contributed by atoms with van der Waals surface area (Å²) in [5, 5.41) is 0.697. The van der Waals surface area contributed by atoms with Crippen molar-refractivity contribution in [3.8, 4) is 0 Å². The Labute approximate surface area is 204 Å². The average molecular weight is 503 g/mol. The van der Waals surface area contributed by atoms with E-state index in [1.165, 1.54) is 5.56 Å². The third kappa shape index (κ3) is 5.06. The van der Waals surface area contributed by atoms with Crippen LogP contribution in [0.3, 0.4) is 0 Å². The molecular formula is C26H28ClO6P. The lowest BCUT2D eigenvalue weighted by molar-refractivity contribution is 0.0875. The van der Waals surface area contributed by atoms with Gasteiger partial charge in [-0.15, -0.1) is 0 Å². The lowest BCUT2D eigenvalue weighted by Crippen LogP contribution is -2.29. The first-order chi connectivity index (χ1) is 16.4. The monoisotopic (exact) mass is 502 g/mol. The molecule has 6 nitrogen and oxygen atoms in total. The topological polar surface area (TPSA) is 78.9 Å². The van der Waals surface area contributed by atoms with Crippen molar-refractivity contribution in [1.82, 2.24) is 0 Å². The van der Waals surface area contributed by atoms with Gasteiger partial charge in [-0.25, -0.2) is 4.57 Å². The standard InChI is InChI=1S/C26H28ClO6P/c1-3-31-34(30,32-4-2)33-26-23(24(28)21-7-5-6-8-22(21)25(26)29)19-11-9-17(10-12-19)18-13-15-20(27)16-14-18/h5-8,13-17,19H,3-4,9-12H2,1-2H3/t17-,19-. The number of rotatable bonds is 8. The smallest absolute Gasteiger partial charge is 0.399 e. The van der Waals surface area contributed by atoms with Gasteiger partial charge in [0.15, 0.2) is 11.5 Å². The number of hydrogen-bond donors (Lipinski definition) is 0. The first-order valence-corrected chi connectivity index (χ1v) is 13.5. The van der Waals surface area contributed by atoms with E-state index in [2.05, 4.69) is 0 Å². The molecule has 2 aromatic carbocycles. The summed E-state index contributed by atoms with van der Waals surface area (Å²) in [6, 6.07) is 14.5. The van der Waals surface area contributed by atoms with Crippen molar-refractivity contribution in [2.24, 2.45) is 5.92 Å². The summed E-state index contributed by atoms with van der Waals surface area (Å²) in [7, 11) is -4.06. The van der Waals surface area contributed by atoms with Gasteiger partial charge in [-0.3, -0.25) is 18.6 Å². The maximum absolute atomic E-state index is 13.6. The van der Waals surface area contributed by atoms with E-state index < -0.39 is 13.6 Å². The van der Waals surface area contributed by atoms with Crippen molar-refractivity contribution >= 4 is 31.0 Å². The van der Waals surface area contributed by atoms with Crippen LogP contribution < -0.4 is 0 Å². The molecule has 2 aliphatic rings. The van der Waals surface area contributed by atoms with Crippen LogP contribution in [0.25, 0.3) is 0 Å². The van der Waals surface area contributed by atoms with Crippen molar-refractivity contribution in [1.29, 1.82) is 0 Å². The number of Topliss-reactive ketones (excluding diaryl/α,β-unsaturated/α-hetero) is 2. The number of carbonyl (C=O) groups is 2. The molecule has 2 aromatic rings. The Morgan fingerprint density at radius 1 is 0.824 bits per heavy atom. The maximum atomic E-state index is 13.6. The number of halogens is 1. The zero-order chi connectivity index (χ0) is 24.3. The average Bonchev–Trinajstić information content (AvgIpc) is 2.84. The largest absolute Gasteiger partial charge is 0.530 e. The molecule has 0 aliphatic heterocycles. The molecule has 8 heteroatoms. The van der Waals surface area contributed by atoms with E-state index in [0.717, 1.165) is 12.8 Å². The molecule has 1 saturated carbocycles. The minimum Gasteiger partial charge on any atom is -0.399 e. The molecule has 0 unspecified atom stereocenters. The van der Waals surface area contributed by atoms with Crippen LogP contribution in [0.2, 0.25) is 5.02 Å². The summed E-state index contributed by atoms with van der Waals surface area (Å²) in [5.74, 6) is -0.786. The molecule has 0 bridgehead atoms. The Balaban J connectivity index is 1.68. The Morgan fingerprint density at radius 3 is 1.91 bits per heavy atom. The first-order valence-electron chi connectivity index (χ1n) is 11.6. The number of fused-ring (bicyclic) bond motifs is 1. The lowest BCUT2D eigenvalue weighted by atomic mass is 9.72. The van der Waals surface area contributed by atoms with Crippen molar-refractivity contribution in [3.63, 3.8) is 0 Å². The number of hydrogen-bond acceptors (Lipinski definition) is 6. The van der Waals surface area contributed by atoms with E-state index in [9.17, 15) is 14.2 Å². The molecule has 0 heterocycles. The fraction of sp³-hybridized carbons (Fsp3) is 0.385. The van der Waals surface area contributed by atoms with Gasteiger partial charge in [-0.1, -0.05) is 48.0 Å². The van der Waals surface area contributed by atoms with Crippen LogP contribution in [0.4, 0.5) is 0 Å². The van der Waals surface area contributed by atoms with Crippen LogP contribution in [-0.2, 0) is 18.1 Å². The fourth-order valence-corrected chi connectivity index (χ4v) is 6.14. The maximum Gasteiger partial charge on any atom is 0.530 e. The van der Waals surface area contributed by atoms with Gasteiger partial charge in [-0.05, 0) is 69.1 Å². The number of carbonyl (C=O) groups excluding carboxylic acids is 2. The Bertz CT molecular complexity index is 1140. The van der Waals surface area contributed by atoms with Crippen LogP contribution in [0.1, 0.15) is 71.7 Å². The van der Waals surface area contributed by atoms with Gasteiger partial charge >= 0.3 is 7.82 Å². The number of benzene rings is 2. The lowest BCUT2D eigenvalue weighted by Gasteiger charge is -2.33. The van der Waals surface area contributed by atoms with Gasteiger partial charge in [0.05, 0.1) is 13.2 Å². The Morgan fingerprint density at radius 2 is 1.35 bits per heavy atom. The van der Waals surface area contributed by atoms with E-state index in [1.807, 2.05) is 24.3 Å². The highest BCUT2D eigenvalue weighted by molar-refractivity contribution is 7.48. The second-order valence-corrected chi connectivity index (χ2v) is 10.5. The molecule has 0 saturated heterocycles. The minimum atomic E-state index is -4.06. The summed E-state index contributed by atoms with van der Waals surface area (Å²) in [4.78, 5) is 27.0. The van der Waals surface area contributed by atoms with Crippen molar-refractivity contribution in [2.45, 2.75) is 45.4 Å². The van der Waals surface area contributed by atoms with E-state index >= 15 is 0 Å². The molecule has 180 valence electrons. The summed E-state index contributed by atoms with van der Waals surface area (Å²) in [5.41, 5.74) is 2.07. The van der Waals surface area contributed by atoms with E-state index in [1.54, 1.807) is 38.1 Å². The first kappa shape index (κ1) is 24.9. The third-order valence-electron chi connectivity index (χ3n) is 6.37. The van der Waals surface area contributed by atoms with Crippen molar-refractivity contribution < 1.29 is 27.7 Å². The summed E-state index contributed by atoms with van der Waals surface area (Å²) in [6.45, 7) is 3.46. The second-order valence-electron chi connectivity index (χ2n) is 8.42. The SMILES string of the molecule is CCOP(=O)(OCC)OC1=C([C@H]2CC[C@H](c3ccc(Cl)cc3)CC2)C(=O)c2ccccc2C1=O. The van der Waals surface area contributed by atoms with Gasteiger partial charge in [0.2, 0.25) is 5.78 Å². The highest BCUT2D eigenvalue weighted by Crippen LogP contribution is 2.54. The molecule has 34 heavy (non-hydrogen) atoms. The number of phosphoric acid groups is 1. The Kier molecular flexibility index (Phi) is 7.73. The van der Waals surface area contributed by atoms with Gasteiger partial charge < -0.3 is 4.52 Å². The normalized spacial score (nSPS) is 20.9. The van der Waals surface area contributed by atoms with E-state index in [-0.39, 0.29) is 41.8 Å². The van der Waals surface area contributed by atoms with Crippen LogP contribution in [-0.4, -0.2) is 24.8 Å². The molecule has 4 rings (SSSR count). The molecule has 0 radical (unpaired) electrons. The summed E-state index contributed by atoms with van der Waals surface area (Å²) >= 11 is 6.03. The molecule has 2 aliphatic carbocycles. The molecule has 0 spiro atoms. The van der Waals surface area contributed by atoms with Gasteiger partial charge in [0.25, 0.3) is 0 Å². The predicted octanol–water partition coefficient (Wildman–Crippen LogP) is 7.14. The second kappa shape index (κ2) is 10.6. The van der Waals surface area contributed by atoms with Crippen LogP contribution >= 0.6 is 19.4 Å². The van der Waals surface area contributed by atoms with Gasteiger partial charge in [0.1, 0.15) is 0 Å². The molecule has 0 N–H and O–H groups in total.